The van der Waals surface area contributed by atoms with Gasteiger partial charge in [0.1, 0.15) is 0 Å². The first-order valence-corrected chi connectivity index (χ1v) is 7.00. The second kappa shape index (κ2) is 7.37. The molecule has 2 nitrogen and oxygen atoms in total. The Morgan fingerprint density at radius 1 is 1.36 bits per heavy atom. The van der Waals surface area contributed by atoms with Gasteiger partial charge in [-0.1, -0.05) is 0 Å². The molecule has 4 heteroatoms. The quantitative estimate of drug-likeness (QED) is 0.393. The number of hydrogen-bond donors (Lipinski definition) is 0. The van der Waals surface area contributed by atoms with Crippen LogP contribution in [0, 0.1) is 0 Å². The van der Waals surface area contributed by atoms with Crippen LogP contribution in [0.15, 0.2) is 29.7 Å². The number of nitrogens with zero attached hydrogens (tertiary/aromatic N) is 1. The molecule has 0 aliphatic heterocycles. The molecule has 76 valence electrons. The maximum atomic E-state index is 5.30. The fourth-order valence-corrected chi connectivity index (χ4v) is 1.67. The van der Waals surface area contributed by atoms with Gasteiger partial charge in [0.25, 0.3) is 0 Å². The molecular formula is C10H13NOW2. The van der Waals surface area contributed by atoms with E-state index in [4.69, 9.17) is 4.74 Å². The Morgan fingerprint density at radius 2 is 1.93 bits per heavy atom. The number of aliphatic imine (C=N–C) groups is 1. The van der Waals surface area contributed by atoms with Gasteiger partial charge in [0, 0.05) is 0 Å². The SMILES string of the molecule is C=COC(=CC)C(=N[C](C)=[W])[C](C)=[W]. The van der Waals surface area contributed by atoms with Crippen LogP contribution >= 0.6 is 0 Å². The average molecular weight is 531 g/mol. The maximum absolute atomic E-state index is 5.30. The van der Waals surface area contributed by atoms with Crippen LogP contribution in [0.2, 0.25) is 0 Å². The third kappa shape index (κ3) is 5.07. The van der Waals surface area contributed by atoms with Gasteiger partial charge in [-0.15, -0.1) is 0 Å². The van der Waals surface area contributed by atoms with E-state index in [-0.39, 0.29) is 0 Å². The summed E-state index contributed by atoms with van der Waals surface area (Å²) in [6.07, 6.45) is 3.34. The van der Waals surface area contributed by atoms with Crippen LogP contribution in [-0.2, 0) is 43.4 Å². The summed E-state index contributed by atoms with van der Waals surface area (Å²) in [5, 5.41) is 0. The Hall–Kier alpha value is 0.0666. The van der Waals surface area contributed by atoms with E-state index in [0.717, 1.165) is 15.5 Å². The van der Waals surface area contributed by atoms with Gasteiger partial charge in [0.05, 0.1) is 0 Å². The van der Waals surface area contributed by atoms with Crippen LogP contribution < -0.4 is 0 Å². The molecule has 0 heterocycles. The fraction of sp³-hybridized carbons (Fsp3) is 0.300. The Bertz CT molecular complexity index is 316. The molecule has 0 radical (unpaired) electrons. The van der Waals surface area contributed by atoms with Gasteiger partial charge in [0.2, 0.25) is 0 Å². The molecule has 14 heavy (non-hydrogen) atoms. The molecule has 0 saturated carbocycles. The predicted octanol–water partition coefficient (Wildman–Crippen LogP) is 1.93. The molecule has 0 atom stereocenters. The monoisotopic (exact) mass is 531 g/mol. The van der Waals surface area contributed by atoms with E-state index in [1.54, 1.807) is 0 Å². The molecule has 0 aromatic rings. The van der Waals surface area contributed by atoms with E-state index in [2.05, 4.69) is 18.5 Å². The van der Waals surface area contributed by atoms with Gasteiger partial charge in [-0.3, -0.25) is 0 Å². The van der Waals surface area contributed by atoms with E-state index in [0.29, 0.717) is 0 Å². The number of hydrogen-bond acceptors (Lipinski definition) is 2. The van der Waals surface area contributed by atoms with E-state index < -0.39 is 0 Å². The molecule has 0 saturated heterocycles. The van der Waals surface area contributed by atoms with Crippen molar-refractivity contribution in [2.75, 3.05) is 0 Å². The van der Waals surface area contributed by atoms with Gasteiger partial charge in [-0.25, -0.2) is 0 Å². The number of ether oxygens (including phenoxy) is 1. The van der Waals surface area contributed by atoms with Gasteiger partial charge in [0.15, 0.2) is 0 Å². The molecular weight excluding hydrogens is 518 g/mol. The Balaban J connectivity index is 5.09. The summed E-state index contributed by atoms with van der Waals surface area (Å²) < 4.78 is 7.63. The molecule has 0 aliphatic carbocycles. The summed E-state index contributed by atoms with van der Waals surface area (Å²) in [4.78, 5) is 4.48. The first-order valence-electron chi connectivity index (χ1n) is 4.07. The second-order valence-electron chi connectivity index (χ2n) is 2.47. The van der Waals surface area contributed by atoms with E-state index >= 15 is 0 Å². The zero-order chi connectivity index (χ0) is 11.1. The van der Waals surface area contributed by atoms with Gasteiger partial charge < -0.3 is 0 Å². The van der Waals surface area contributed by atoms with Crippen molar-refractivity contribution in [3.8, 4) is 0 Å². The zero-order valence-electron chi connectivity index (χ0n) is 8.53. The van der Waals surface area contributed by atoms with Gasteiger partial charge >= 0.3 is 108 Å². The fourth-order valence-electron chi connectivity index (χ4n) is 0.815. The normalized spacial score (nSPS) is 12.2. The first kappa shape index (κ1) is 14.1. The summed E-state index contributed by atoms with van der Waals surface area (Å²) in [6.45, 7) is 9.55. The summed E-state index contributed by atoms with van der Waals surface area (Å²) in [6, 6.07) is 0. The van der Waals surface area contributed by atoms with Crippen LogP contribution in [-0.4, -0.2) is 13.6 Å². The van der Waals surface area contributed by atoms with Crippen molar-refractivity contribution >= 4 is 13.6 Å². The summed E-state index contributed by atoms with van der Waals surface area (Å²) in [5.41, 5.74) is 0.940. The molecule has 0 rings (SSSR count). The summed E-state index contributed by atoms with van der Waals surface area (Å²) in [5.74, 6) is 0.785. The molecule has 0 aromatic carbocycles. The minimum atomic E-state index is 0.785. The predicted molar refractivity (Wildman–Crippen MR) is 53.8 cm³/mol. The second-order valence-corrected chi connectivity index (χ2v) is 6.80. The van der Waals surface area contributed by atoms with E-state index in [1.807, 2.05) is 19.9 Å². The number of allylic oxidation sites excluding steroid dienone is 2. The zero-order valence-corrected chi connectivity index (χ0v) is 14.4. The van der Waals surface area contributed by atoms with Crippen molar-refractivity contribution in [3.05, 3.63) is 24.7 Å². The van der Waals surface area contributed by atoms with Crippen LogP contribution in [0.3, 0.4) is 0 Å². The third-order valence-corrected chi connectivity index (χ3v) is 2.33. The van der Waals surface area contributed by atoms with Crippen molar-refractivity contribution < 1.29 is 43.4 Å². The van der Waals surface area contributed by atoms with E-state index in [9.17, 15) is 0 Å². The van der Waals surface area contributed by atoms with Crippen molar-refractivity contribution in [1.29, 1.82) is 0 Å². The summed E-state index contributed by atoms with van der Waals surface area (Å²) in [7, 11) is 0. The Morgan fingerprint density at radius 3 is 2.21 bits per heavy atom. The van der Waals surface area contributed by atoms with Crippen molar-refractivity contribution in [2.24, 2.45) is 4.99 Å². The van der Waals surface area contributed by atoms with Crippen molar-refractivity contribution in [3.63, 3.8) is 0 Å². The molecule has 0 unspecified atom stereocenters. The molecule has 0 N–H and O–H groups in total. The van der Waals surface area contributed by atoms with Gasteiger partial charge in [-0.05, 0) is 0 Å². The Kier molecular flexibility index (Phi) is 7.41. The van der Waals surface area contributed by atoms with Crippen LogP contribution in [0.25, 0.3) is 0 Å². The minimum absolute atomic E-state index is 0.785. The van der Waals surface area contributed by atoms with Crippen molar-refractivity contribution in [2.45, 2.75) is 20.8 Å². The van der Waals surface area contributed by atoms with E-state index in [1.165, 1.54) is 48.9 Å². The standard InChI is InChI=1S/C10H13NO.2W/c1-5-9(11-7-3)10(6-2)12-8-4;;/h6,8H,4H2,1-3H3;;. The van der Waals surface area contributed by atoms with Crippen LogP contribution in [0.5, 0.6) is 0 Å². The molecule has 0 bridgehead atoms. The molecule has 0 amide bonds. The van der Waals surface area contributed by atoms with Crippen LogP contribution in [0.4, 0.5) is 0 Å². The Labute approximate surface area is 107 Å². The summed E-state index contributed by atoms with van der Waals surface area (Å²) >= 11 is 2.78. The molecule has 0 aliphatic rings. The molecule has 0 aromatic heterocycles. The number of rotatable bonds is 5. The van der Waals surface area contributed by atoms with Crippen molar-refractivity contribution in [1.82, 2.24) is 0 Å². The third-order valence-electron chi connectivity index (χ3n) is 1.31. The van der Waals surface area contributed by atoms with Gasteiger partial charge in [-0.2, -0.15) is 0 Å². The molecule has 0 spiro atoms. The molecule has 0 fully saturated rings. The first-order chi connectivity index (χ1) is 6.52. The average Bonchev–Trinajstić information content (AvgIpc) is 2.10. The van der Waals surface area contributed by atoms with Crippen LogP contribution in [0.1, 0.15) is 20.8 Å². The topological polar surface area (TPSA) is 21.6 Å².